The van der Waals surface area contributed by atoms with Gasteiger partial charge in [-0.05, 0) is 50.7 Å². The van der Waals surface area contributed by atoms with Crippen molar-refractivity contribution in [3.63, 3.8) is 0 Å². The van der Waals surface area contributed by atoms with Gasteiger partial charge in [0.2, 0.25) is 10.0 Å². The Kier molecular flexibility index (Phi) is 7.51. The first-order valence-electron chi connectivity index (χ1n) is 11.6. The summed E-state index contributed by atoms with van der Waals surface area (Å²) in [6, 6.07) is 10.8. The summed E-state index contributed by atoms with van der Waals surface area (Å²) in [5, 5.41) is 3.21. The Morgan fingerprint density at radius 3 is 2.26 bits per heavy atom. The van der Waals surface area contributed by atoms with Crippen molar-refractivity contribution >= 4 is 21.7 Å². The zero-order chi connectivity index (χ0) is 24.3. The molecule has 1 aromatic heterocycles. The smallest absolute Gasteiger partial charge is 0.254 e. The molecule has 0 aliphatic carbocycles. The summed E-state index contributed by atoms with van der Waals surface area (Å²) in [5.41, 5.74) is 1.65. The van der Waals surface area contributed by atoms with Gasteiger partial charge in [-0.15, -0.1) is 0 Å². The number of nitrogens with one attached hydrogen (secondary N) is 1. The number of amides is 1. The first-order valence-corrected chi connectivity index (χ1v) is 13.1. The lowest BCUT2D eigenvalue weighted by Crippen LogP contribution is -2.48. The maximum absolute atomic E-state index is 12.8. The number of carbonyl (C=O) groups is 1. The van der Waals surface area contributed by atoms with Gasteiger partial charge >= 0.3 is 0 Å². The highest BCUT2D eigenvalue weighted by molar-refractivity contribution is 7.89. The van der Waals surface area contributed by atoms with Crippen LogP contribution in [0.2, 0.25) is 0 Å². The van der Waals surface area contributed by atoms with E-state index in [0.717, 1.165) is 18.7 Å². The third kappa shape index (κ3) is 5.75. The highest BCUT2D eigenvalue weighted by Crippen LogP contribution is 2.19. The summed E-state index contributed by atoms with van der Waals surface area (Å²) in [6.45, 7) is 8.08. The van der Waals surface area contributed by atoms with Crippen LogP contribution in [0.1, 0.15) is 29.8 Å². The molecule has 34 heavy (non-hydrogen) atoms. The van der Waals surface area contributed by atoms with E-state index in [2.05, 4.69) is 15.2 Å². The second kappa shape index (κ2) is 10.4. The molecule has 184 valence electrons. The molecule has 3 heterocycles. The molecule has 2 aliphatic rings. The molecule has 2 saturated heterocycles. The van der Waals surface area contributed by atoms with Gasteiger partial charge in [-0.25, -0.2) is 13.4 Å². The van der Waals surface area contributed by atoms with E-state index < -0.39 is 10.0 Å². The van der Waals surface area contributed by atoms with Crippen LogP contribution in [0.4, 0.5) is 5.82 Å². The van der Waals surface area contributed by atoms with Gasteiger partial charge in [-0.3, -0.25) is 4.79 Å². The molecule has 1 aromatic carbocycles. The minimum Gasteiger partial charge on any atom is -0.372 e. The Bertz CT molecular complexity index is 1070. The molecule has 1 N–H and O–H groups in total. The number of carbonyl (C=O) groups excluding carboxylic acids is 1. The number of likely N-dealkylation sites (N-methyl/N-ethyl adjacent to an activating group) is 1. The molecule has 2 aliphatic heterocycles. The number of hydrogen-bond donors (Lipinski definition) is 1. The van der Waals surface area contributed by atoms with Crippen molar-refractivity contribution in [3.05, 3.63) is 53.7 Å². The number of benzene rings is 1. The van der Waals surface area contributed by atoms with Crippen LogP contribution in [0.25, 0.3) is 0 Å². The molecule has 0 spiro atoms. The number of morpholine rings is 1. The van der Waals surface area contributed by atoms with Crippen LogP contribution in [0.3, 0.4) is 0 Å². The summed E-state index contributed by atoms with van der Waals surface area (Å²) in [7, 11) is -1.54. The van der Waals surface area contributed by atoms with Crippen molar-refractivity contribution in [1.82, 2.24) is 19.1 Å². The lowest BCUT2D eigenvalue weighted by Gasteiger charge is -2.35. The van der Waals surface area contributed by atoms with E-state index in [1.807, 2.05) is 50.1 Å². The molecule has 2 atom stereocenters. The van der Waals surface area contributed by atoms with Crippen LogP contribution >= 0.6 is 0 Å². The first-order chi connectivity index (χ1) is 16.2. The summed E-state index contributed by atoms with van der Waals surface area (Å²) < 4.78 is 32.9. The fourth-order valence-electron chi connectivity index (χ4n) is 4.30. The van der Waals surface area contributed by atoms with Crippen molar-refractivity contribution < 1.29 is 17.9 Å². The van der Waals surface area contributed by atoms with Gasteiger partial charge in [-0.1, -0.05) is 12.1 Å². The lowest BCUT2D eigenvalue weighted by molar-refractivity contribution is -0.0586. The van der Waals surface area contributed by atoms with E-state index in [4.69, 9.17) is 4.74 Å². The zero-order valence-corrected chi connectivity index (χ0v) is 20.8. The Labute approximate surface area is 201 Å². The van der Waals surface area contributed by atoms with Crippen LogP contribution in [0, 0.1) is 0 Å². The molecular formula is C24H33N5O4S. The van der Waals surface area contributed by atoms with E-state index in [0.29, 0.717) is 44.1 Å². The molecule has 0 saturated carbocycles. The molecule has 9 nitrogen and oxygen atoms in total. The highest BCUT2D eigenvalue weighted by Gasteiger charge is 2.28. The van der Waals surface area contributed by atoms with Crippen LogP contribution in [-0.4, -0.2) is 91.9 Å². The van der Waals surface area contributed by atoms with Gasteiger partial charge in [0, 0.05) is 57.6 Å². The third-order valence-corrected chi connectivity index (χ3v) is 8.10. The minimum absolute atomic E-state index is 0.0142. The molecule has 2 aromatic rings. The van der Waals surface area contributed by atoms with E-state index in [-0.39, 0.29) is 23.0 Å². The number of pyridine rings is 1. The molecule has 10 heteroatoms. The van der Waals surface area contributed by atoms with Gasteiger partial charge in [-0.2, -0.15) is 4.31 Å². The SMILES string of the molecule is CC1CN(C(=O)c2ccc(CNc3ccc(S(=O)(=O)N4CCN(C)CC4)cn3)cc2)CC(C)O1. The Balaban J connectivity index is 1.32. The Hall–Kier alpha value is -2.53. The number of hydrogen-bond acceptors (Lipinski definition) is 7. The van der Waals surface area contributed by atoms with Crippen LogP contribution in [0.15, 0.2) is 47.5 Å². The number of rotatable bonds is 6. The Morgan fingerprint density at radius 1 is 1.03 bits per heavy atom. The number of aromatic nitrogens is 1. The second-order valence-corrected chi connectivity index (χ2v) is 11.0. The predicted molar refractivity (Wildman–Crippen MR) is 130 cm³/mol. The molecule has 4 rings (SSSR count). The average molecular weight is 488 g/mol. The quantitative estimate of drug-likeness (QED) is 0.665. The molecule has 2 fully saturated rings. The van der Waals surface area contributed by atoms with Crippen molar-refractivity contribution in [3.8, 4) is 0 Å². The molecule has 0 radical (unpaired) electrons. The number of nitrogens with zero attached hydrogens (tertiary/aromatic N) is 4. The van der Waals surface area contributed by atoms with E-state index in [9.17, 15) is 13.2 Å². The number of anilines is 1. The topological polar surface area (TPSA) is 95.1 Å². The fourth-order valence-corrected chi connectivity index (χ4v) is 5.67. The van der Waals surface area contributed by atoms with Crippen molar-refractivity contribution in [2.24, 2.45) is 0 Å². The van der Waals surface area contributed by atoms with E-state index in [1.54, 1.807) is 12.1 Å². The van der Waals surface area contributed by atoms with Gasteiger partial charge in [0.25, 0.3) is 5.91 Å². The summed E-state index contributed by atoms with van der Waals surface area (Å²) in [6.07, 6.45) is 1.47. The predicted octanol–water partition coefficient (Wildman–Crippen LogP) is 1.88. The third-order valence-electron chi connectivity index (χ3n) is 6.22. The van der Waals surface area contributed by atoms with Crippen molar-refractivity contribution in [2.45, 2.75) is 37.5 Å². The molecule has 2 unspecified atom stereocenters. The van der Waals surface area contributed by atoms with Crippen LogP contribution in [-0.2, 0) is 21.3 Å². The lowest BCUT2D eigenvalue weighted by atomic mass is 10.1. The largest absolute Gasteiger partial charge is 0.372 e. The van der Waals surface area contributed by atoms with Crippen LogP contribution < -0.4 is 5.32 Å². The number of piperazine rings is 1. The molecule has 0 bridgehead atoms. The summed E-state index contributed by atoms with van der Waals surface area (Å²) in [5.74, 6) is 0.606. The van der Waals surface area contributed by atoms with E-state index >= 15 is 0 Å². The molecular weight excluding hydrogens is 454 g/mol. The van der Waals surface area contributed by atoms with Gasteiger partial charge in [0.15, 0.2) is 0 Å². The van der Waals surface area contributed by atoms with Gasteiger partial charge in [0.05, 0.1) is 12.2 Å². The monoisotopic (exact) mass is 487 g/mol. The fraction of sp³-hybridized carbons (Fsp3) is 0.500. The second-order valence-electron chi connectivity index (χ2n) is 9.10. The standard InChI is InChI=1S/C24H33N5O4S/c1-18-16-28(17-19(2)33-18)24(30)21-6-4-20(5-7-21)14-25-23-9-8-22(15-26-23)34(31,32)29-12-10-27(3)11-13-29/h4-9,15,18-19H,10-14,16-17H2,1-3H3,(H,25,26). The maximum Gasteiger partial charge on any atom is 0.254 e. The average Bonchev–Trinajstić information content (AvgIpc) is 2.82. The minimum atomic E-state index is -3.53. The maximum atomic E-state index is 12.8. The van der Waals surface area contributed by atoms with Crippen molar-refractivity contribution in [1.29, 1.82) is 0 Å². The summed E-state index contributed by atoms with van der Waals surface area (Å²) >= 11 is 0. The Morgan fingerprint density at radius 2 is 1.68 bits per heavy atom. The van der Waals surface area contributed by atoms with Crippen LogP contribution in [0.5, 0.6) is 0 Å². The first kappa shape index (κ1) is 24.6. The molecule has 1 amide bonds. The van der Waals surface area contributed by atoms with Gasteiger partial charge in [0.1, 0.15) is 10.7 Å². The highest BCUT2D eigenvalue weighted by atomic mass is 32.2. The van der Waals surface area contributed by atoms with E-state index in [1.165, 1.54) is 10.5 Å². The summed E-state index contributed by atoms with van der Waals surface area (Å²) in [4.78, 5) is 21.3. The van der Waals surface area contributed by atoms with Crippen molar-refractivity contribution in [2.75, 3.05) is 51.6 Å². The van der Waals surface area contributed by atoms with Gasteiger partial charge < -0.3 is 19.9 Å². The number of sulfonamides is 1. The normalized spacial score (nSPS) is 22.5. The zero-order valence-electron chi connectivity index (χ0n) is 20.0. The number of ether oxygens (including phenoxy) is 1.